The van der Waals surface area contributed by atoms with Gasteiger partial charge in [-0.1, -0.05) is 17.7 Å². The molecule has 140 valence electrons. The van der Waals surface area contributed by atoms with Gasteiger partial charge in [0.15, 0.2) is 0 Å². The molecular weight excluding hydrogens is 376 g/mol. The number of nitrogens with one attached hydrogen (secondary N) is 1. The number of hydrogen-bond acceptors (Lipinski definition) is 6. The van der Waals surface area contributed by atoms with Crippen LogP contribution in [0.5, 0.6) is 11.5 Å². The molecule has 0 aliphatic heterocycles. The highest BCUT2D eigenvalue weighted by atomic mass is 35.5. The van der Waals surface area contributed by atoms with Crippen molar-refractivity contribution in [2.75, 3.05) is 19.5 Å². The van der Waals surface area contributed by atoms with Crippen LogP contribution in [0.15, 0.2) is 61.1 Å². The molecule has 0 unspecified atom stereocenters. The van der Waals surface area contributed by atoms with Crippen molar-refractivity contribution in [1.29, 1.82) is 0 Å². The van der Waals surface area contributed by atoms with Crippen molar-refractivity contribution in [3.63, 3.8) is 0 Å². The lowest BCUT2D eigenvalue weighted by atomic mass is 10.1. The quantitative estimate of drug-likeness (QED) is 0.509. The number of pyridine rings is 1. The van der Waals surface area contributed by atoms with Crippen molar-refractivity contribution in [2.24, 2.45) is 0 Å². The second-order valence-electron chi connectivity index (χ2n) is 5.98. The number of aromatic nitrogens is 3. The predicted molar refractivity (Wildman–Crippen MR) is 111 cm³/mol. The third-order valence-corrected chi connectivity index (χ3v) is 4.63. The molecule has 0 bridgehead atoms. The summed E-state index contributed by atoms with van der Waals surface area (Å²) in [6.45, 7) is 0. The average Bonchev–Trinajstić information content (AvgIpc) is 2.75. The van der Waals surface area contributed by atoms with Gasteiger partial charge in [-0.05, 0) is 36.4 Å². The zero-order valence-corrected chi connectivity index (χ0v) is 16.1. The van der Waals surface area contributed by atoms with Gasteiger partial charge in [0.1, 0.15) is 29.2 Å². The van der Waals surface area contributed by atoms with E-state index in [-0.39, 0.29) is 0 Å². The fraction of sp³-hybridized carbons (Fsp3) is 0.0952. The monoisotopic (exact) mass is 392 g/mol. The molecule has 0 saturated carbocycles. The highest BCUT2D eigenvalue weighted by Crippen LogP contribution is 2.35. The highest BCUT2D eigenvalue weighted by molar-refractivity contribution is 6.33. The SMILES string of the molecule is COc1cc(OC)c2ncnc(Nc3ccc(Cl)c(-c4ccccn4)c3)c2c1. The Bertz CT molecular complexity index is 1140. The Morgan fingerprint density at radius 2 is 1.82 bits per heavy atom. The molecule has 0 amide bonds. The summed E-state index contributed by atoms with van der Waals surface area (Å²) in [5.41, 5.74) is 3.15. The minimum atomic E-state index is 0.616. The van der Waals surface area contributed by atoms with Gasteiger partial charge in [-0.3, -0.25) is 4.98 Å². The van der Waals surface area contributed by atoms with Crippen molar-refractivity contribution in [2.45, 2.75) is 0 Å². The second kappa shape index (κ2) is 7.70. The van der Waals surface area contributed by atoms with Crippen molar-refractivity contribution in [1.82, 2.24) is 15.0 Å². The Hall–Kier alpha value is -3.38. The summed E-state index contributed by atoms with van der Waals surface area (Å²) in [5, 5.41) is 4.75. The summed E-state index contributed by atoms with van der Waals surface area (Å²) in [6, 6.07) is 15.0. The molecule has 0 aliphatic carbocycles. The van der Waals surface area contributed by atoms with Crippen LogP contribution in [-0.2, 0) is 0 Å². The zero-order chi connectivity index (χ0) is 19.5. The molecule has 6 nitrogen and oxygen atoms in total. The number of halogens is 1. The lowest BCUT2D eigenvalue weighted by Crippen LogP contribution is -1.98. The van der Waals surface area contributed by atoms with E-state index in [9.17, 15) is 0 Å². The smallest absolute Gasteiger partial charge is 0.148 e. The standard InChI is InChI=1S/C21H17ClN4O2/c1-27-14-10-16-20(19(11-14)28-2)24-12-25-21(16)26-13-6-7-17(22)15(9-13)18-5-3-4-8-23-18/h3-12H,1-2H3,(H,24,25,26). The first kappa shape index (κ1) is 18.0. The number of nitrogens with zero attached hydrogens (tertiary/aromatic N) is 3. The van der Waals surface area contributed by atoms with Crippen LogP contribution < -0.4 is 14.8 Å². The highest BCUT2D eigenvalue weighted by Gasteiger charge is 2.13. The molecule has 0 atom stereocenters. The van der Waals surface area contributed by atoms with E-state index in [0.29, 0.717) is 27.9 Å². The Kier molecular flexibility index (Phi) is 4.95. The number of rotatable bonds is 5. The zero-order valence-electron chi connectivity index (χ0n) is 15.3. The number of ether oxygens (including phenoxy) is 2. The van der Waals surface area contributed by atoms with Crippen molar-refractivity contribution in [3.05, 3.63) is 66.1 Å². The molecule has 0 aliphatic rings. The van der Waals surface area contributed by atoms with Gasteiger partial charge in [0.2, 0.25) is 0 Å². The van der Waals surface area contributed by atoms with E-state index in [1.54, 1.807) is 26.5 Å². The molecule has 2 heterocycles. The lowest BCUT2D eigenvalue weighted by Gasteiger charge is -2.13. The van der Waals surface area contributed by atoms with Crippen LogP contribution in [0.25, 0.3) is 22.2 Å². The topological polar surface area (TPSA) is 69.2 Å². The summed E-state index contributed by atoms with van der Waals surface area (Å²) in [6.07, 6.45) is 3.23. The largest absolute Gasteiger partial charge is 0.497 e. The molecule has 1 N–H and O–H groups in total. The maximum Gasteiger partial charge on any atom is 0.148 e. The normalized spacial score (nSPS) is 10.7. The third-order valence-electron chi connectivity index (χ3n) is 4.30. The maximum atomic E-state index is 6.38. The Labute approximate surface area is 167 Å². The fourth-order valence-electron chi connectivity index (χ4n) is 2.94. The summed E-state index contributed by atoms with van der Waals surface area (Å²) in [7, 11) is 3.21. The van der Waals surface area contributed by atoms with Gasteiger partial charge >= 0.3 is 0 Å². The van der Waals surface area contributed by atoms with Crippen LogP contribution in [-0.4, -0.2) is 29.2 Å². The van der Waals surface area contributed by atoms with Crippen LogP contribution >= 0.6 is 11.6 Å². The molecule has 4 aromatic rings. The minimum Gasteiger partial charge on any atom is -0.497 e. The van der Waals surface area contributed by atoms with Crippen molar-refractivity contribution in [3.8, 4) is 22.8 Å². The number of hydrogen-bond donors (Lipinski definition) is 1. The summed E-state index contributed by atoms with van der Waals surface area (Å²) < 4.78 is 10.8. The van der Waals surface area contributed by atoms with Gasteiger partial charge in [-0.25, -0.2) is 9.97 Å². The number of benzene rings is 2. The van der Waals surface area contributed by atoms with Crippen LogP contribution in [0, 0.1) is 0 Å². The van der Waals surface area contributed by atoms with Crippen molar-refractivity contribution < 1.29 is 9.47 Å². The van der Waals surface area contributed by atoms with Gasteiger partial charge in [0.05, 0.1) is 30.3 Å². The first-order valence-corrected chi connectivity index (χ1v) is 8.92. The molecular formula is C21H17ClN4O2. The van der Waals surface area contributed by atoms with Crippen LogP contribution in [0.1, 0.15) is 0 Å². The second-order valence-corrected chi connectivity index (χ2v) is 6.39. The summed E-state index contributed by atoms with van der Waals surface area (Å²) in [5.74, 6) is 1.91. The lowest BCUT2D eigenvalue weighted by molar-refractivity contribution is 0.397. The number of anilines is 2. The molecule has 0 radical (unpaired) electrons. The molecule has 0 fully saturated rings. The number of methoxy groups -OCH3 is 2. The molecule has 0 spiro atoms. The average molecular weight is 393 g/mol. The molecule has 2 aromatic carbocycles. The van der Waals surface area contributed by atoms with E-state index >= 15 is 0 Å². The molecule has 28 heavy (non-hydrogen) atoms. The van der Waals surface area contributed by atoms with E-state index in [2.05, 4.69) is 20.3 Å². The van der Waals surface area contributed by atoms with E-state index in [0.717, 1.165) is 22.3 Å². The fourth-order valence-corrected chi connectivity index (χ4v) is 3.16. The van der Waals surface area contributed by atoms with E-state index in [1.807, 2.05) is 42.5 Å². The van der Waals surface area contributed by atoms with Gasteiger partial charge in [-0.2, -0.15) is 0 Å². The van der Waals surface area contributed by atoms with Gasteiger partial charge < -0.3 is 14.8 Å². The molecule has 4 rings (SSSR count). The Morgan fingerprint density at radius 3 is 2.57 bits per heavy atom. The Morgan fingerprint density at radius 1 is 0.929 bits per heavy atom. The third kappa shape index (κ3) is 3.42. The van der Waals surface area contributed by atoms with Gasteiger partial charge in [0.25, 0.3) is 0 Å². The van der Waals surface area contributed by atoms with Crippen molar-refractivity contribution >= 4 is 34.0 Å². The first-order chi connectivity index (χ1) is 13.7. The molecule has 0 saturated heterocycles. The molecule has 7 heteroatoms. The predicted octanol–water partition coefficient (Wildman–Crippen LogP) is 5.11. The Balaban J connectivity index is 1.79. The van der Waals surface area contributed by atoms with E-state index < -0.39 is 0 Å². The van der Waals surface area contributed by atoms with Gasteiger partial charge in [-0.15, -0.1) is 0 Å². The summed E-state index contributed by atoms with van der Waals surface area (Å²) in [4.78, 5) is 13.1. The van der Waals surface area contributed by atoms with Crippen LogP contribution in [0.3, 0.4) is 0 Å². The first-order valence-electron chi connectivity index (χ1n) is 8.54. The van der Waals surface area contributed by atoms with E-state index in [4.69, 9.17) is 21.1 Å². The van der Waals surface area contributed by atoms with Crippen LogP contribution in [0.2, 0.25) is 5.02 Å². The number of fused-ring (bicyclic) bond motifs is 1. The minimum absolute atomic E-state index is 0.616. The van der Waals surface area contributed by atoms with Crippen LogP contribution in [0.4, 0.5) is 11.5 Å². The molecule has 2 aromatic heterocycles. The summed E-state index contributed by atoms with van der Waals surface area (Å²) >= 11 is 6.38. The maximum absolute atomic E-state index is 6.38. The van der Waals surface area contributed by atoms with Gasteiger partial charge in [0, 0.05) is 23.5 Å². The van der Waals surface area contributed by atoms with E-state index in [1.165, 1.54) is 6.33 Å².